The van der Waals surface area contributed by atoms with Gasteiger partial charge in [0.1, 0.15) is 6.10 Å². The molecule has 0 aromatic heterocycles. The lowest BCUT2D eigenvalue weighted by Crippen LogP contribution is -2.32. The van der Waals surface area contributed by atoms with Crippen LogP contribution in [0.1, 0.15) is 19.8 Å². The lowest BCUT2D eigenvalue weighted by molar-refractivity contribution is 0.0222. The van der Waals surface area contributed by atoms with E-state index in [0.29, 0.717) is 5.92 Å². The van der Waals surface area contributed by atoms with Gasteiger partial charge in [0.15, 0.2) is 0 Å². The minimum Gasteiger partial charge on any atom is -0.392 e. The zero-order valence-electron chi connectivity index (χ0n) is 6.75. The molecule has 3 nitrogen and oxygen atoms in total. The number of hydrogen-bond acceptors (Lipinski definition) is 3. The molecular weight excluding hydrogens is 142 g/mol. The van der Waals surface area contributed by atoms with Crippen LogP contribution in [0.5, 0.6) is 0 Å². The molecule has 0 saturated carbocycles. The van der Waals surface area contributed by atoms with Gasteiger partial charge in [-0.1, -0.05) is 12.1 Å². The molecule has 0 spiro atoms. The molecule has 2 atom stereocenters. The van der Waals surface area contributed by atoms with E-state index in [0.717, 1.165) is 26.1 Å². The van der Waals surface area contributed by atoms with Crippen molar-refractivity contribution in [2.45, 2.75) is 25.9 Å². The topological polar surface area (TPSA) is 30.8 Å². The summed E-state index contributed by atoms with van der Waals surface area (Å²) < 4.78 is 5.35. The number of nitrogens with zero attached hydrogens (tertiary/aromatic N) is 1. The molecule has 2 rings (SSSR count). The minimum absolute atomic E-state index is 0.283. The first-order chi connectivity index (χ1) is 5.42. The van der Waals surface area contributed by atoms with Gasteiger partial charge in [-0.05, 0) is 6.42 Å². The van der Waals surface area contributed by atoms with E-state index in [9.17, 15) is 0 Å². The summed E-state index contributed by atoms with van der Waals surface area (Å²) in [4.78, 5) is 5.26. The highest BCUT2D eigenvalue weighted by molar-refractivity contribution is 5.88. The summed E-state index contributed by atoms with van der Waals surface area (Å²) in [6.45, 7) is 3.74. The zero-order valence-corrected chi connectivity index (χ0v) is 6.75. The van der Waals surface area contributed by atoms with E-state index in [1.165, 1.54) is 5.71 Å². The van der Waals surface area contributed by atoms with Crippen molar-refractivity contribution in [2.75, 3.05) is 13.2 Å². The molecule has 2 aliphatic heterocycles. The maximum Gasteiger partial charge on any atom is 0.137 e. The van der Waals surface area contributed by atoms with E-state index >= 15 is 0 Å². The molecule has 2 unspecified atom stereocenters. The van der Waals surface area contributed by atoms with Crippen LogP contribution < -0.4 is 0 Å². The van der Waals surface area contributed by atoms with Gasteiger partial charge >= 0.3 is 0 Å². The van der Waals surface area contributed by atoms with Gasteiger partial charge in [-0.3, -0.25) is 0 Å². The van der Waals surface area contributed by atoms with Crippen molar-refractivity contribution >= 4 is 5.71 Å². The fraction of sp³-hybridized carbons (Fsp3) is 0.875. The molecule has 0 bridgehead atoms. The van der Waals surface area contributed by atoms with Crippen molar-refractivity contribution in [3.63, 3.8) is 0 Å². The second-order valence-electron chi connectivity index (χ2n) is 3.07. The molecule has 62 valence electrons. The van der Waals surface area contributed by atoms with E-state index in [1.54, 1.807) is 0 Å². The zero-order chi connectivity index (χ0) is 7.68. The molecule has 0 aromatic rings. The van der Waals surface area contributed by atoms with Crippen molar-refractivity contribution in [3.05, 3.63) is 0 Å². The molecule has 0 aromatic carbocycles. The average molecular weight is 155 g/mol. The maximum atomic E-state index is 5.35. The van der Waals surface area contributed by atoms with Gasteiger partial charge in [-0.15, -0.1) is 0 Å². The van der Waals surface area contributed by atoms with Gasteiger partial charge in [0.05, 0.1) is 24.8 Å². The van der Waals surface area contributed by atoms with E-state index < -0.39 is 0 Å². The normalized spacial score (nSPS) is 35.9. The van der Waals surface area contributed by atoms with Crippen LogP contribution in [0, 0.1) is 5.92 Å². The number of rotatable bonds is 1. The van der Waals surface area contributed by atoms with Gasteiger partial charge < -0.3 is 9.57 Å². The van der Waals surface area contributed by atoms with Crippen LogP contribution >= 0.6 is 0 Å². The van der Waals surface area contributed by atoms with Gasteiger partial charge in [0, 0.05) is 6.42 Å². The summed E-state index contributed by atoms with van der Waals surface area (Å²) in [5.41, 5.74) is 1.21. The van der Waals surface area contributed by atoms with Crippen LogP contribution in [-0.2, 0) is 9.57 Å². The molecule has 11 heavy (non-hydrogen) atoms. The third-order valence-corrected chi connectivity index (χ3v) is 2.38. The Morgan fingerprint density at radius 3 is 3.36 bits per heavy atom. The van der Waals surface area contributed by atoms with Crippen molar-refractivity contribution in [1.29, 1.82) is 0 Å². The van der Waals surface area contributed by atoms with Gasteiger partial charge in [0.25, 0.3) is 0 Å². The van der Waals surface area contributed by atoms with Crippen LogP contribution in [-0.4, -0.2) is 25.0 Å². The summed E-state index contributed by atoms with van der Waals surface area (Å²) in [6.07, 6.45) is 2.27. The molecule has 2 aliphatic rings. The van der Waals surface area contributed by atoms with Crippen LogP contribution in [0.2, 0.25) is 0 Å². The first-order valence-corrected chi connectivity index (χ1v) is 4.22. The van der Waals surface area contributed by atoms with E-state index in [4.69, 9.17) is 9.57 Å². The number of ether oxygens (including phenoxy) is 1. The monoisotopic (exact) mass is 155 g/mol. The molecule has 0 amide bonds. The predicted molar refractivity (Wildman–Crippen MR) is 41.5 cm³/mol. The summed E-state index contributed by atoms with van der Waals surface area (Å²) in [7, 11) is 0. The first kappa shape index (κ1) is 7.10. The Morgan fingerprint density at radius 2 is 2.55 bits per heavy atom. The second-order valence-corrected chi connectivity index (χ2v) is 3.07. The average Bonchev–Trinajstić information content (AvgIpc) is 2.47. The Bertz CT molecular complexity index is 179. The summed E-state index contributed by atoms with van der Waals surface area (Å²) in [5, 5.41) is 4.05. The summed E-state index contributed by atoms with van der Waals surface area (Å²) >= 11 is 0. The van der Waals surface area contributed by atoms with Crippen molar-refractivity contribution in [1.82, 2.24) is 0 Å². The van der Waals surface area contributed by atoms with Crippen LogP contribution in [0.15, 0.2) is 5.16 Å². The fourth-order valence-electron chi connectivity index (χ4n) is 1.67. The van der Waals surface area contributed by atoms with Gasteiger partial charge in [-0.2, -0.15) is 0 Å². The van der Waals surface area contributed by atoms with Gasteiger partial charge in [0.2, 0.25) is 0 Å². The molecule has 0 radical (unpaired) electrons. The molecule has 0 aliphatic carbocycles. The van der Waals surface area contributed by atoms with Crippen molar-refractivity contribution in [2.24, 2.45) is 11.1 Å². The highest BCUT2D eigenvalue weighted by Gasteiger charge is 2.34. The minimum atomic E-state index is 0.283. The lowest BCUT2D eigenvalue weighted by atomic mass is 9.93. The number of oxime groups is 1. The quantitative estimate of drug-likeness (QED) is 0.569. The molecule has 1 saturated heterocycles. The Balaban J connectivity index is 2.05. The molecule has 1 fully saturated rings. The third-order valence-electron chi connectivity index (χ3n) is 2.38. The molecule has 3 heteroatoms. The standard InChI is InChI=1S/C8H13NO2/c1-2-8-6-5-10-4-3-7(6)9-11-8/h6,8H,2-5H2,1H3. The van der Waals surface area contributed by atoms with Crippen LogP contribution in [0.4, 0.5) is 0 Å². The van der Waals surface area contributed by atoms with Crippen LogP contribution in [0.3, 0.4) is 0 Å². The van der Waals surface area contributed by atoms with Crippen molar-refractivity contribution in [3.8, 4) is 0 Å². The van der Waals surface area contributed by atoms with E-state index in [1.807, 2.05) is 0 Å². The Labute approximate surface area is 66.4 Å². The highest BCUT2D eigenvalue weighted by Crippen LogP contribution is 2.25. The first-order valence-electron chi connectivity index (χ1n) is 4.22. The predicted octanol–water partition coefficient (Wildman–Crippen LogP) is 1.19. The Kier molecular flexibility index (Phi) is 1.82. The smallest absolute Gasteiger partial charge is 0.137 e. The number of hydrogen-bond donors (Lipinski definition) is 0. The highest BCUT2D eigenvalue weighted by atomic mass is 16.6. The maximum absolute atomic E-state index is 5.35. The fourth-order valence-corrected chi connectivity index (χ4v) is 1.67. The third kappa shape index (κ3) is 1.13. The Morgan fingerprint density at radius 1 is 1.64 bits per heavy atom. The largest absolute Gasteiger partial charge is 0.392 e. The SMILES string of the molecule is CCC1ON=C2CCOCC21. The van der Waals surface area contributed by atoms with Gasteiger partial charge in [-0.25, -0.2) is 0 Å². The van der Waals surface area contributed by atoms with E-state index in [2.05, 4.69) is 12.1 Å². The van der Waals surface area contributed by atoms with E-state index in [-0.39, 0.29) is 6.10 Å². The molecule has 2 heterocycles. The summed E-state index contributed by atoms with van der Waals surface area (Å²) in [6, 6.07) is 0. The molecule has 0 N–H and O–H groups in total. The second kappa shape index (κ2) is 2.81. The Hall–Kier alpha value is -0.570. The summed E-state index contributed by atoms with van der Waals surface area (Å²) in [5.74, 6) is 0.453. The van der Waals surface area contributed by atoms with Crippen molar-refractivity contribution < 1.29 is 9.57 Å². The molecular formula is C8H13NO2. The number of fused-ring (bicyclic) bond motifs is 1. The van der Waals surface area contributed by atoms with Crippen LogP contribution in [0.25, 0.3) is 0 Å². The lowest BCUT2D eigenvalue weighted by Gasteiger charge is -2.21.